The number of hydrogen-bond donors (Lipinski definition) is 0. The summed E-state index contributed by atoms with van der Waals surface area (Å²) in [6.07, 6.45) is 22.6. The molecule has 0 fully saturated rings. The Bertz CT molecular complexity index is 230. The van der Waals surface area contributed by atoms with Crippen LogP contribution in [0.1, 0.15) is 104 Å². The maximum atomic E-state index is 10.8. The van der Waals surface area contributed by atoms with Crippen molar-refractivity contribution in [1.29, 1.82) is 0 Å². The van der Waals surface area contributed by atoms with Crippen LogP contribution in [0.3, 0.4) is 0 Å². The first-order valence-corrected chi connectivity index (χ1v) is 8.91. The van der Waals surface area contributed by atoms with Crippen LogP contribution in [0.2, 0.25) is 0 Å². The first-order valence-electron chi connectivity index (χ1n) is 8.91. The van der Waals surface area contributed by atoms with Crippen molar-refractivity contribution in [2.24, 2.45) is 0 Å². The molecular formula is C19H36O. The molecule has 1 nitrogen and oxygen atoms in total. The molecule has 118 valence electrons. The van der Waals surface area contributed by atoms with Gasteiger partial charge >= 0.3 is 0 Å². The number of carbonyl (C=O) groups is 1. The average Bonchev–Trinajstić information content (AvgIpc) is 2.43. The Morgan fingerprint density at radius 1 is 0.700 bits per heavy atom. The lowest BCUT2D eigenvalue weighted by molar-refractivity contribution is -0.117. The van der Waals surface area contributed by atoms with Gasteiger partial charge in [0.15, 0.2) is 0 Å². The Morgan fingerprint density at radius 3 is 1.65 bits per heavy atom. The highest BCUT2D eigenvalue weighted by Crippen LogP contribution is 2.09. The van der Waals surface area contributed by atoms with Gasteiger partial charge in [-0.15, -0.1) is 0 Å². The molecule has 0 saturated heterocycles. The fourth-order valence-electron chi connectivity index (χ4n) is 2.44. The van der Waals surface area contributed by atoms with Gasteiger partial charge in [-0.3, -0.25) is 0 Å². The maximum absolute atomic E-state index is 10.8. The highest BCUT2D eigenvalue weighted by atomic mass is 16.1. The van der Waals surface area contributed by atoms with Crippen molar-refractivity contribution in [3.05, 3.63) is 12.2 Å². The van der Waals surface area contributed by atoms with E-state index in [0.29, 0.717) is 5.78 Å². The third-order valence-corrected chi connectivity index (χ3v) is 3.79. The van der Waals surface area contributed by atoms with Crippen LogP contribution in [0.5, 0.6) is 0 Å². The van der Waals surface area contributed by atoms with E-state index in [4.69, 9.17) is 0 Å². The van der Waals surface area contributed by atoms with E-state index in [0.717, 1.165) is 12.8 Å². The van der Waals surface area contributed by atoms with Crippen LogP contribution in [-0.4, -0.2) is 5.78 Å². The molecule has 1 heteroatoms. The van der Waals surface area contributed by atoms with Crippen LogP contribution >= 0.6 is 0 Å². The molecule has 0 unspecified atom stereocenters. The van der Waals surface area contributed by atoms with Gasteiger partial charge in [-0.25, -0.2) is 0 Å². The van der Waals surface area contributed by atoms with Crippen LogP contribution in [0, 0.1) is 0 Å². The Labute approximate surface area is 127 Å². The summed E-state index contributed by atoms with van der Waals surface area (Å²) in [7, 11) is 0. The minimum atomic E-state index is 0.336. The van der Waals surface area contributed by atoms with Gasteiger partial charge in [0.2, 0.25) is 0 Å². The molecule has 0 radical (unpaired) electrons. The van der Waals surface area contributed by atoms with E-state index in [-0.39, 0.29) is 0 Å². The molecule has 0 aromatic heterocycles. The largest absolute Gasteiger partial charge is 0.300 e. The SMILES string of the molecule is CCCCCCCCC=CCCCCCCCC(C)=O. The molecule has 0 N–H and O–H groups in total. The molecule has 0 rings (SSSR count). The van der Waals surface area contributed by atoms with E-state index >= 15 is 0 Å². The Balaban J connectivity index is 3.07. The van der Waals surface area contributed by atoms with Crippen LogP contribution in [0.25, 0.3) is 0 Å². The highest BCUT2D eigenvalue weighted by Gasteiger charge is 1.93. The van der Waals surface area contributed by atoms with Gasteiger partial charge in [-0.05, 0) is 39.0 Å². The minimum Gasteiger partial charge on any atom is -0.300 e. The standard InChI is InChI=1S/C19H36O/c1-3-4-5-6-7-8-9-10-11-12-13-14-15-16-17-18-19(2)20/h10-11H,3-9,12-18H2,1-2H3. The zero-order valence-corrected chi connectivity index (χ0v) is 14.0. The fraction of sp³-hybridized carbons (Fsp3) is 0.842. The van der Waals surface area contributed by atoms with Gasteiger partial charge in [0.25, 0.3) is 0 Å². The molecule has 0 atom stereocenters. The molecule has 0 aliphatic heterocycles. The summed E-state index contributed by atoms with van der Waals surface area (Å²) in [5, 5.41) is 0. The van der Waals surface area contributed by atoms with E-state index in [1.165, 1.54) is 77.0 Å². The summed E-state index contributed by atoms with van der Waals surface area (Å²) < 4.78 is 0. The second kappa shape index (κ2) is 16.5. The third-order valence-electron chi connectivity index (χ3n) is 3.79. The lowest BCUT2D eigenvalue weighted by Crippen LogP contribution is -1.89. The zero-order chi connectivity index (χ0) is 14.9. The van der Waals surface area contributed by atoms with Crippen molar-refractivity contribution in [2.75, 3.05) is 0 Å². The molecule has 0 aromatic carbocycles. The van der Waals surface area contributed by atoms with Gasteiger partial charge < -0.3 is 4.79 Å². The predicted octanol–water partition coefficient (Wildman–Crippen LogP) is 6.61. The molecule has 0 aliphatic rings. The van der Waals surface area contributed by atoms with Crippen molar-refractivity contribution in [3.63, 3.8) is 0 Å². The molecule has 0 amide bonds. The number of hydrogen-bond acceptors (Lipinski definition) is 1. The van der Waals surface area contributed by atoms with E-state index in [1.807, 2.05) is 0 Å². The van der Waals surface area contributed by atoms with Crippen LogP contribution in [0.4, 0.5) is 0 Å². The number of allylic oxidation sites excluding steroid dienone is 2. The summed E-state index contributed by atoms with van der Waals surface area (Å²) in [4.78, 5) is 10.8. The molecule has 20 heavy (non-hydrogen) atoms. The van der Waals surface area contributed by atoms with Crippen molar-refractivity contribution in [3.8, 4) is 0 Å². The molecule has 0 aromatic rings. The van der Waals surface area contributed by atoms with Crippen molar-refractivity contribution >= 4 is 5.78 Å². The number of Topliss-reactive ketones (excluding diaryl/α,β-unsaturated/α-hetero) is 1. The first-order chi connectivity index (χ1) is 9.77. The Hall–Kier alpha value is -0.590. The smallest absolute Gasteiger partial charge is 0.129 e. The van der Waals surface area contributed by atoms with E-state index in [1.54, 1.807) is 6.92 Å². The van der Waals surface area contributed by atoms with Crippen molar-refractivity contribution < 1.29 is 4.79 Å². The average molecular weight is 280 g/mol. The lowest BCUT2D eigenvalue weighted by atomic mass is 10.1. The van der Waals surface area contributed by atoms with E-state index < -0.39 is 0 Å². The van der Waals surface area contributed by atoms with Crippen LogP contribution in [-0.2, 0) is 4.79 Å². The summed E-state index contributed by atoms with van der Waals surface area (Å²) in [5.74, 6) is 0.336. The third kappa shape index (κ3) is 17.4. The Morgan fingerprint density at radius 2 is 1.15 bits per heavy atom. The monoisotopic (exact) mass is 280 g/mol. The first kappa shape index (κ1) is 19.4. The fourth-order valence-corrected chi connectivity index (χ4v) is 2.44. The molecule has 0 spiro atoms. The molecule has 0 aliphatic carbocycles. The quantitative estimate of drug-likeness (QED) is 0.243. The van der Waals surface area contributed by atoms with Crippen LogP contribution < -0.4 is 0 Å². The topological polar surface area (TPSA) is 17.1 Å². The maximum Gasteiger partial charge on any atom is 0.129 e. The minimum absolute atomic E-state index is 0.336. The van der Waals surface area contributed by atoms with Gasteiger partial charge in [0.05, 0.1) is 0 Å². The second-order valence-electron chi connectivity index (χ2n) is 6.04. The number of unbranched alkanes of at least 4 members (excludes halogenated alkanes) is 11. The van der Waals surface area contributed by atoms with Crippen molar-refractivity contribution in [2.45, 2.75) is 104 Å². The number of ketones is 1. The van der Waals surface area contributed by atoms with Gasteiger partial charge in [-0.1, -0.05) is 70.4 Å². The summed E-state index contributed by atoms with van der Waals surface area (Å²) in [5.41, 5.74) is 0. The Kier molecular flexibility index (Phi) is 16.0. The summed E-state index contributed by atoms with van der Waals surface area (Å²) in [6, 6.07) is 0. The number of carbonyl (C=O) groups excluding carboxylic acids is 1. The van der Waals surface area contributed by atoms with Gasteiger partial charge in [-0.2, -0.15) is 0 Å². The predicted molar refractivity (Wildman–Crippen MR) is 90.1 cm³/mol. The summed E-state index contributed by atoms with van der Waals surface area (Å²) in [6.45, 7) is 3.96. The summed E-state index contributed by atoms with van der Waals surface area (Å²) >= 11 is 0. The molecule has 0 heterocycles. The lowest BCUT2D eigenvalue weighted by Gasteiger charge is -1.99. The second-order valence-corrected chi connectivity index (χ2v) is 6.04. The highest BCUT2D eigenvalue weighted by molar-refractivity contribution is 5.75. The van der Waals surface area contributed by atoms with Crippen molar-refractivity contribution in [1.82, 2.24) is 0 Å². The van der Waals surface area contributed by atoms with E-state index in [9.17, 15) is 4.79 Å². The van der Waals surface area contributed by atoms with E-state index in [2.05, 4.69) is 19.1 Å². The zero-order valence-electron chi connectivity index (χ0n) is 14.0. The molecule has 0 bridgehead atoms. The molecular weight excluding hydrogens is 244 g/mol. The number of rotatable bonds is 15. The van der Waals surface area contributed by atoms with Gasteiger partial charge in [0.1, 0.15) is 5.78 Å². The normalized spacial score (nSPS) is 11.3. The van der Waals surface area contributed by atoms with Gasteiger partial charge in [0, 0.05) is 6.42 Å². The molecule has 0 saturated carbocycles. The van der Waals surface area contributed by atoms with Crippen LogP contribution in [0.15, 0.2) is 12.2 Å².